The highest BCUT2D eigenvalue weighted by Crippen LogP contribution is 1.89. The van der Waals surface area contributed by atoms with Crippen molar-refractivity contribution in [2.75, 3.05) is 20.8 Å². The lowest BCUT2D eigenvalue weighted by atomic mass is 10.3. The van der Waals surface area contributed by atoms with Gasteiger partial charge in [-0.05, 0) is 6.42 Å². The molecule has 0 aliphatic rings. The van der Waals surface area contributed by atoms with Crippen LogP contribution in [0.5, 0.6) is 0 Å². The van der Waals surface area contributed by atoms with Gasteiger partial charge >= 0.3 is 12.1 Å². The van der Waals surface area contributed by atoms with E-state index in [2.05, 4.69) is 14.8 Å². The number of carbonyl (C=O) groups excluding carboxylic acids is 2. The molecule has 0 radical (unpaired) electrons. The van der Waals surface area contributed by atoms with Crippen LogP contribution in [0.1, 0.15) is 12.8 Å². The van der Waals surface area contributed by atoms with Gasteiger partial charge in [0.25, 0.3) is 0 Å². The summed E-state index contributed by atoms with van der Waals surface area (Å²) >= 11 is 0. The van der Waals surface area contributed by atoms with Crippen molar-refractivity contribution in [1.82, 2.24) is 5.32 Å². The largest absolute Gasteiger partial charge is 0.469 e. The van der Waals surface area contributed by atoms with Crippen molar-refractivity contribution in [1.29, 1.82) is 0 Å². The summed E-state index contributed by atoms with van der Waals surface area (Å²) in [5.74, 6) is -0.276. The molecule has 1 N–H and O–H groups in total. The molecule has 0 aliphatic heterocycles. The van der Waals surface area contributed by atoms with Gasteiger partial charge in [0.1, 0.15) is 0 Å². The first-order valence-electron chi connectivity index (χ1n) is 3.59. The Bertz CT molecular complexity index is 139. The number of amides is 1. The summed E-state index contributed by atoms with van der Waals surface area (Å²) in [4.78, 5) is 21.0. The quantitative estimate of drug-likeness (QED) is 0.493. The normalized spacial score (nSPS) is 8.83. The van der Waals surface area contributed by atoms with E-state index in [1.54, 1.807) is 0 Å². The summed E-state index contributed by atoms with van der Waals surface area (Å²) in [6.07, 6.45) is 0.377. The van der Waals surface area contributed by atoms with E-state index in [0.717, 1.165) is 0 Å². The van der Waals surface area contributed by atoms with Crippen molar-refractivity contribution in [3.05, 3.63) is 0 Å². The maximum Gasteiger partial charge on any atom is 0.406 e. The molecule has 0 spiro atoms. The molecule has 0 saturated heterocycles. The van der Waals surface area contributed by atoms with Crippen LogP contribution in [0.3, 0.4) is 0 Å². The summed E-state index contributed by atoms with van der Waals surface area (Å²) < 4.78 is 8.72. The fourth-order valence-corrected chi connectivity index (χ4v) is 0.597. The summed E-state index contributed by atoms with van der Waals surface area (Å²) in [5, 5.41) is 2.44. The number of hydrogen-bond acceptors (Lipinski definition) is 4. The van der Waals surface area contributed by atoms with Crippen LogP contribution in [-0.2, 0) is 14.3 Å². The molecule has 0 atom stereocenters. The Morgan fingerprint density at radius 1 is 1.25 bits per heavy atom. The van der Waals surface area contributed by atoms with Gasteiger partial charge in [-0.15, -0.1) is 0 Å². The molecule has 1 amide bonds. The fraction of sp³-hybridized carbons (Fsp3) is 0.714. The predicted octanol–water partition coefficient (Wildman–Crippen LogP) is 0.296. The minimum Gasteiger partial charge on any atom is -0.469 e. The second kappa shape index (κ2) is 6.45. The molecule has 12 heavy (non-hydrogen) atoms. The van der Waals surface area contributed by atoms with Gasteiger partial charge in [0.15, 0.2) is 0 Å². The van der Waals surface area contributed by atoms with Crippen LogP contribution >= 0.6 is 0 Å². The fourth-order valence-electron chi connectivity index (χ4n) is 0.597. The molecule has 5 heteroatoms. The van der Waals surface area contributed by atoms with Crippen LogP contribution in [-0.4, -0.2) is 32.8 Å². The zero-order chi connectivity index (χ0) is 9.40. The zero-order valence-electron chi connectivity index (χ0n) is 7.25. The molecule has 0 rings (SSSR count). The molecule has 0 aromatic rings. The number of hydrogen-bond donors (Lipinski definition) is 1. The molecule has 0 bridgehead atoms. The van der Waals surface area contributed by atoms with Crippen LogP contribution < -0.4 is 5.32 Å². The van der Waals surface area contributed by atoms with Gasteiger partial charge in [-0.1, -0.05) is 0 Å². The van der Waals surface area contributed by atoms with E-state index < -0.39 is 6.09 Å². The molecular formula is C7H13NO4. The van der Waals surface area contributed by atoms with E-state index in [0.29, 0.717) is 19.4 Å². The summed E-state index contributed by atoms with van der Waals surface area (Å²) in [5.41, 5.74) is 0. The number of alkyl carbamates (subject to hydrolysis) is 1. The Kier molecular flexibility index (Phi) is 5.77. The van der Waals surface area contributed by atoms with Crippen molar-refractivity contribution in [2.24, 2.45) is 0 Å². The minimum atomic E-state index is -0.486. The highest BCUT2D eigenvalue weighted by molar-refractivity contribution is 5.69. The molecular weight excluding hydrogens is 162 g/mol. The van der Waals surface area contributed by atoms with Gasteiger partial charge in [-0.25, -0.2) is 4.79 Å². The zero-order valence-corrected chi connectivity index (χ0v) is 7.25. The van der Waals surface area contributed by atoms with Gasteiger partial charge < -0.3 is 14.8 Å². The van der Waals surface area contributed by atoms with Crippen LogP contribution in [0.2, 0.25) is 0 Å². The van der Waals surface area contributed by atoms with E-state index in [4.69, 9.17) is 0 Å². The first kappa shape index (κ1) is 10.7. The smallest absolute Gasteiger partial charge is 0.406 e. The van der Waals surface area contributed by atoms with Gasteiger partial charge in [0.2, 0.25) is 0 Å². The second-order valence-corrected chi connectivity index (χ2v) is 2.10. The highest BCUT2D eigenvalue weighted by Gasteiger charge is 2.00. The Balaban J connectivity index is 3.21. The molecule has 0 fully saturated rings. The lowest BCUT2D eigenvalue weighted by Gasteiger charge is -2.01. The third-order valence-electron chi connectivity index (χ3n) is 1.24. The lowest BCUT2D eigenvalue weighted by Crippen LogP contribution is -2.24. The molecule has 0 saturated carbocycles. The van der Waals surface area contributed by atoms with Gasteiger partial charge in [0, 0.05) is 13.0 Å². The monoisotopic (exact) mass is 175 g/mol. The molecule has 0 heterocycles. The van der Waals surface area contributed by atoms with Crippen molar-refractivity contribution in [3.63, 3.8) is 0 Å². The van der Waals surface area contributed by atoms with Gasteiger partial charge in [-0.2, -0.15) is 0 Å². The van der Waals surface area contributed by atoms with Gasteiger partial charge in [-0.3, -0.25) is 4.79 Å². The SMILES string of the molecule is COC(=O)CCCNC(=O)OC. The maximum atomic E-state index is 10.6. The van der Waals surface area contributed by atoms with Gasteiger partial charge in [0.05, 0.1) is 14.2 Å². The van der Waals surface area contributed by atoms with Crippen LogP contribution in [0.25, 0.3) is 0 Å². The third-order valence-corrected chi connectivity index (χ3v) is 1.24. The van der Waals surface area contributed by atoms with E-state index in [9.17, 15) is 9.59 Å². The summed E-state index contributed by atoms with van der Waals surface area (Å²) in [6, 6.07) is 0. The van der Waals surface area contributed by atoms with Crippen molar-refractivity contribution < 1.29 is 19.1 Å². The average Bonchev–Trinajstić information content (AvgIpc) is 2.11. The van der Waals surface area contributed by atoms with Crippen molar-refractivity contribution >= 4 is 12.1 Å². The van der Waals surface area contributed by atoms with E-state index in [1.165, 1.54) is 14.2 Å². The lowest BCUT2D eigenvalue weighted by molar-refractivity contribution is -0.140. The third kappa shape index (κ3) is 5.52. The number of rotatable bonds is 4. The van der Waals surface area contributed by atoms with Crippen LogP contribution in [0.4, 0.5) is 4.79 Å². The van der Waals surface area contributed by atoms with Crippen LogP contribution in [0.15, 0.2) is 0 Å². The second-order valence-electron chi connectivity index (χ2n) is 2.10. The topological polar surface area (TPSA) is 64.6 Å². The summed E-state index contributed by atoms with van der Waals surface area (Å²) in [6.45, 7) is 0.418. The maximum absolute atomic E-state index is 10.6. The Morgan fingerprint density at radius 3 is 2.42 bits per heavy atom. The van der Waals surface area contributed by atoms with E-state index in [1.807, 2.05) is 0 Å². The Morgan fingerprint density at radius 2 is 1.92 bits per heavy atom. The number of esters is 1. The standard InChI is InChI=1S/C7H13NO4/c1-11-6(9)4-3-5-8-7(10)12-2/h3-5H2,1-2H3,(H,8,10). The van der Waals surface area contributed by atoms with E-state index in [-0.39, 0.29) is 5.97 Å². The van der Waals surface area contributed by atoms with Crippen molar-refractivity contribution in [3.8, 4) is 0 Å². The molecule has 0 aliphatic carbocycles. The first-order valence-corrected chi connectivity index (χ1v) is 3.59. The molecule has 0 unspecified atom stereocenters. The molecule has 5 nitrogen and oxygen atoms in total. The Hall–Kier alpha value is -1.26. The van der Waals surface area contributed by atoms with Crippen molar-refractivity contribution in [2.45, 2.75) is 12.8 Å². The summed E-state index contributed by atoms with van der Waals surface area (Å²) in [7, 11) is 2.62. The van der Waals surface area contributed by atoms with E-state index >= 15 is 0 Å². The minimum absolute atomic E-state index is 0.276. The predicted molar refractivity (Wildman–Crippen MR) is 41.7 cm³/mol. The molecule has 0 aromatic heterocycles. The van der Waals surface area contributed by atoms with Crippen LogP contribution in [0, 0.1) is 0 Å². The Labute approximate surface area is 71.0 Å². The first-order chi connectivity index (χ1) is 5.70. The number of carbonyl (C=O) groups is 2. The number of methoxy groups -OCH3 is 2. The number of nitrogens with one attached hydrogen (secondary N) is 1. The average molecular weight is 175 g/mol. The highest BCUT2D eigenvalue weighted by atomic mass is 16.5. The molecule has 70 valence electrons. The number of ether oxygens (including phenoxy) is 2. The molecule has 0 aromatic carbocycles.